The third kappa shape index (κ3) is 4.53. The smallest absolute Gasteiger partial charge is 0.147 e. The lowest BCUT2D eigenvalue weighted by molar-refractivity contribution is 0.00999. The Hall–Kier alpha value is -3.56. The molecule has 32 heavy (non-hydrogen) atoms. The van der Waals surface area contributed by atoms with Crippen molar-refractivity contribution in [3.05, 3.63) is 131 Å². The van der Waals surface area contributed by atoms with Crippen LogP contribution < -0.4 is 4.74 Å². The average molecular weight is 425 g/mol. The molecule has 0 fully saturated rings. The number of aryl methyl sites for hydroxylation is 1. The summed E-state index contributed by atoms with van der Waals surface area (Å²) in [7, 11) is 1.63. The predicted molar refractivity (Wildman–Crippen MR) is 128 cm³/mol. The summed E-state index contributed by atoms with van der Waals surface area (Å²) in [5.74, 6) is 0.837. The van der Waals surface area contributed by atoms with Gasteiger partial charge in [-0.15, -0.1) is 0 Å². The number of rotatable bonds is 9. The Morgan fingerprint density at radius 3 is 1.84 bits per heavy atom. The van der Waals surface area contributed by atoms with Crippen LogP contribution in [0.3, 0.4) is 0 Å². The molecule has 4 aromatic rings. The van der Waals surface area contributed by atoms with Crippen molar-refractivity contribution in [2.75, 3.05) is 13.7 Å². The van der Waals surface area contributed by atoms with Crippen LogP contribution in [0.5, 0.6) is 11.5 Å². The second kappa shape index (κ2) is 10.2. The van der Waals surface area contributed by atoms with Crippen LogP contribution in [0.25, 0.3) is 0 Å². The first-order valence-corrected chi connectivity index (χ1v) is 10.9. The van der Waals surface area contributed by atoms with Gasteiger partial charge in [0.1, 0.15) is 17.1 Å². The summed E-state index contributed by atoms with van der Waals surface area (Å²) >= 11 is 0. The highest BCUT2D eigenvalue weighted by Crippen LogP contribution is 2.45. The van der Waals surface area contributed by atoms with Crippen LogP contribution in [-0.2, 0) is 16.8 Å². The Kier molecular flexibility index (Phi) is 6.88. The molecule has 0 radical (unpaired) electrons. The highest BCUT2D eigenvalue weighted by Gasteiger charge is 2.40. The molecule has 4 aromatic carbocycles. The highest BCUT2D eigenvalue weighted by molar-refractivity contribution is 5.54. The lowest BCUT2D eigenvalue weighted by atomic mass is 9.79. The first kappa shape index (κ1) is 21.7. The molecule has 3 heteroatoms. The van der Waals surface area contributed by atoms with E-state index in [-0.39, 0.29) is 5.75 Å². The van der Waals surface area contributed by atoms with E-state index in [2.05, 4.69) is 24.3 Å². The molecule has 0 bridgehead atoms. The van der Waals surface area contributed by atoms with Gasteiger partial charge in [0.2, 0.25) is 0 Å². The van der Waals surface area contributed by atoms with Gasteiger partial charge < -0.3 is 14.6 Å². The van der Waals surface area contributed by atoms with Crippen molar-refractivity contribution in [3.63, 3.8) is 0 Å². The van der Waals surface area contributed by atoms with Crippen molar-refractivity contribution in [2.24, 2.45) is 0 Å². The molecule has 0 aliphatic heterocycles. The summed E-state index contributed by atoms with van der Waals surface area (Å²) in [6.45, 7) is 0.523. The van der Waals surface area contributed by atoms with Gasteiger partial charge in [-0.05, 0) is 47.7 Å². The number of methoxy groups -OCH3 is 1. The molecule has 0 aliphatic carbocycles. The van der Waals surface area contributed by atoms with Gasteiger partial charge in [-0.25, -0.2) is 0 Å². The van der Waals surface area contributed by atoms with E-state index >= 15 is 0 Å². The van der Waals surface area contributed by atoms with Gasteiger partial charge >= 0.3 is 0 Å². The summed E-state index contributed by atoms with van der Waals surface area (Å²) in [6, 6.07) is 35.9. The Morgan fingerprint density at radius 1 is 0.719 bits per heavy atom. The zero-order valence-corrected chi connectivity index (χ0v) is 18.3. The topological polar surface area (TPSA) is 38.7 Å². The van der Waals surface area contributed by atoms with Crippen molar-refractivity contribution in [1.82, 2.24) is 0 Å². The lowest BCUT2D eigenvalue weighted by Crippen LogP contribution is -2.33. The fraction of sp³-hybridized carbons (Fsp3) is 0.172. The molecule has 0 heterocycles. The van der Waals surface area contributed by atoms with E-state index in [1.54, 1.807) is 19.2 Å². The van der Waals surface area contributed by atoms with E-state index in [4.69, 9.17) is 9.47 Å². The first-order valence-electron chi connectivity index (χ1n) is 10.9. The maximum Gasteiger partial charge on any atom is 0.147 e. The molecule has 0 unspecified atom stereocenters. The van der Waals surface area contributed by atoms with Crippen molar-refractivity contribution in [1.29, 1.82) is 0 Å². The summed E-state index contributed by atoms with van der Waals surface area (Å²) in [5.41, 5.74) is 2.88. The zero-order valence-electron chi connectivity index (χ0n) is 18.3. The van der Waals surface area contributed by atoms with Gasteiger partial charge in [-0.2, -0.15) is 0 Å². The van der Waals surface area contributed by atoms with E-state index in [0.29, 0.717) is 17.9 Å². The summed E-state index contributed by atoms with van der Waals surface area (Å²) in [4.78, 5) is 0. The minimum Gasteiger partial charge on any atom is -0.508 e. The summed E-state index contributed by atoms with van der Waals surface area (Å²) in [5, 5.41) is 11.0. The second-order valence-electron chi connectivity index (χ2n) is 7.73. The largest absolute Gasteiger partial charge is 0.508 e. The standard InChI is InChI=1S/C29H28O3/c1-31-26-19-20-28(30)27(22-26)29(24-15-7-3-8-16-24,25-17-9-4-10-18-25)32-21-11-14-23-12-5-2-6-13-23/h2-10,12-13,15-20,22,30H,11,14,21H2,1H3. The molecule has 0 saturated carbocycles. The van der Waals surface area contributed by atoms with Crippen LogP contribution in [0.15, 0.2) is 109 Å². The number of ether oxygens (including phenoxy) is 2. The number of aromatic hydroxyl groups is 1. The van der Waals surface area contributed by atoms with Gasteiger partial charge in [-0.3, -0.25) is 0 Å². The van der Waals surface area contributed by atoms with E-state index in [1.165, 1.54) is 5.56 Å². The fourth-order valence-electron chi connectivity index (χ4n) is 4.14. The Bertz CT molecular complexity index is 1070. The number of hydrogen-bond acceptors (Lipinski definition) is 3. The molecule has 0 aliphatic rings. The maximum atomic E-state index is 11.0. The number of benzene rings is 4. The molecular weight excluding hydrogens is 396 g/mol. The Morgan fingerprint density at radius 2 is 1.28 bits per heavy atom. The van der Waals surface area contributed by atoms with Crippen LogP contribution in [-0.4, -0.2) is 18.8 Å². The Balaban J connectivity index is 1.78. The molecule has 0 saturated heterocycles. The first-order chi connectivity index (χ1) is 15.7. The molecule has 162 valence electrons. The van der Waals surface area contributed by atoms with Gasteiger partial charge in [0, 0.05) is 12.2 Å². The van der Waals surface area contributed by atoms with E-state index in [9.17, 15) is 5.11 Å². The molecule has 1 N–H and O–H groups in total. The monoisotopic (exact) mass is 424 g/mol. The van der Waals surface area contributed by atoms with Crippen LogP contribution >= 0.6 is 0 Å². The molecule has 0 spiro atoms. The molecular formula is C29H28O3. The quantitative estimate of drug-likeness (QED) is 0.252. The van der Waals surface area contributed by atoms with Crippen LogP contribution in [0, 0.1) is 0 Å². The van der Waals surface area contributed by atoms with Gasteiger partial charge in [0.25, 0.3) is 0 Å². The van der Waals surface area contributed by atoms with Crippen molar-refractivity contribution in [3.8, 4) is 11.5 Å². The second-order valence-corrected chi connectivity index (χ2v) is 7.73. The van der Waals surface area contributed by atoms with Crippen molar-refractivity contribution >= 4 is 0 Å². The number of phenols is 1. The predicted octanol–water partition coefficient (Wildman–Crippen LogP) is 6.34. The number of hydrogen-bond donors (Lipinski definition) is 1. The van der Waals surface area contributed by atoms with E-state index in [1.807, 2.05) is 72.8 Å². The van der Waals surface area contributed by atoms with E-state index in [0.717, 1.165) is 24.0 Å². The average Bonchev–Trinajstić information content (AvgIpc) is 2.87. The molecule has 4 rings (SSSR count). The maximum absolute atomic E-state index is 11.0. The van der Waals surface area contributed by atoms with E-state index < -0.39 is 5.60 Å². The van der Waals surface area contributed by atoms with Gasteiger partial charge in [0.05, 0.1) is 7.11 Å². The normalized spacial score (nSPS) is 11.3. The third-order valence-electron chi connectivity index (χ3n) is 5.71. The lowest BCUT2D eigenvalue weighted by Gasteiger charge is -2.36. The van der Waals surface area contributed by atoms with Crippen LogP contribution in [0.2, 0.25) is 0 Å². The van der Waals surface area contributed by atoms with Crippen LogP contribution in [0.4, 0.5) is 0 Å². The van der Waals surface area contributed by atoms with Crippen molar-refractivity contribution in [2.45, 2.75) is 18.4 Å². The van der Waals surface area contributed by atoms with Crippen LogP contribution in [0.1, 0.15) is 28.7 Å². The number of phenolic OH excluding ortho intramolecular Hbond substituents is 1. The Labute approximate surface area is 189 Å². The highest BCUT2D eigenvalue weighted by atomic mass is 16.5. The minimum absolute atomic E-state index is 0.168. The third-order valence-corrected chi connectivity index (χ3v) is 5.71. The summed E-state index contributed by atoms with van der Waals surface area (Å²) < 4.78 is 12.3. The summed E-state index contributed by atoms with van der Waals surface area (Å²) in [6.07, 6.45) is 1.78. The fourth-order valence-corrected chi connectivity index (χ4v) is 4.14. The molecule has 0 amide bonds. The molecule has 0 aromatic heterocycles. The molecule has 0 atom stereocenters. The van der Waals surface area contributed by atoms with Crippen molar-refractivity contribution < 1.29 is 14.6 Å². The molecule has 3 nitrogen and oxygen atoms in total. The van der Waals surface area contributed by atoms with Gasteiger partial charge in [-0.1, -0.05) is 91.0 Å². The van der Waals surface area contributed by atoms with Gasteiger partial charge in [0.15, 0.2) is 0 Å². The minimum atomic E-state index is -0.974. The SMILES string of the molecule is COc1ccc(O)c(C(OCCCc2ccccc2)(c2ccccc2)c2ccccc2)c1. The zero-order chi connectivity index (χ0) is 22.2.